The SMILES string of the molecule is CCN(c1ccccc1C)C1(CN)CCS(=O)(=O)C1. The number of para-hydroxylation sites is 1. The number of anilines is 1. The van der Waals surface area contributed by atoms with E-state index in [9.17, 15) is 8.42 Å². The van der Waals surface area contributed by atoms with Crippen LogP contribution in [0.1, 0.15) is 18.9 Å². The molecule has 1 fully saturated rings. The van der Waals surface area contributed by atoms with Gasteiger partial charge in [0.05, 0.1) is 17.0 Å². The second-order valence-electron chi connectivity index (χ2n) is 5.30. The summed E-state index contributed by atoms with van der Waals surface area (Å²) < 4.78 is 23.7. The summed E-state index contributed by atoms with van der Waals surface area (Å²) in [6, 6.07) is 8.07. The van der Waals surface area contributed by atoms with Gasteiger partial charge in [0.1, 0.15) is 0 Å². The van der Waals surface area contributed by atoms with E-state index in [0.29, 0.717) is 13.0 Å². The van der Waals surface area contributed by atoms with Crippen LogP contribution in [0.2, 0.25) is 0 Å². The molecule has 1 aliphatic heterocycles. The van der Waals surface area contributed by atoms with Gasteiger partial charge in [-0.05, 0) is 31.9 Å². The molecule has 0 bridgehead atoms. The number of aryl methyl sites for hydroxylation is 1. The van der Waals surface area contributed by atoms with E-state index in [4.69, 9.17) is 5.73 Å². The van der Waals surface area contributed by atoms with Crippen LogP contribution in [0.5, 0.6) is 0 Å². The predicted octanol–water partition coefficient (Wildman–Crippen LogP) is 1.34. The third-order valence-corrected chi connectivity index (χ3v) is 5.85. The smallest absolute Gasteiger partial charge is 0.152 e. The van der Waals surface area contributed by atoms with E-state index < -0.39 is 15.4 Å². The normalized spacial score (nSPS) is 25.4. The Kier molecular flexibility index (Phi) is 3.87. The molecule has 0 aliphatic carbocycles. The molecule has 2 rings (SSSR count). The lowest BCUT2D eigenvalue weighted by Crippen LogP contribution is -2.55. The molecule has 1 unspecified atom stereocenters. The number of likely N-dealkylation sites (N-methyl/N-ethyl adjacent to an activating group) is 1. The van der Waals surface area contributed by atoms with Gasteiger partial charge in [-0.1, -0.05) is 18.2 Å². The van der Waals surface area contributed by atoms with E-state index in [1.165, 1.54) is 0 Å². The Hall–Kier alpha value is -1.07. The number of rotatable bonds is 4. The maximum Gasteiger partial charge on any atom is 0.152 e. The van der Waals surface area contributed by atoms with Crippen LogP contribution in [0, 0.1) is 6.92 Å². The van der Waals surface area contributed by atoms with Crippen LogP contribution in [0.4, 0.5) is 5.69 Å². The summed E-state index contributed by atoms with van der Waals surface area (Å²) in [5.41, 5.74) is 7.75. The lowest BCUT2D eigenvalue weighted by atomic mass is 9.94. The molecule has 1 aliphatic rings. The Morgan fingerprint density at radius 3 is 2.53 bits per heavy atom. The van der Waals surface area contributed by atoms with Gasteiger partial charge in [-0.15, -0.1) is 0 Å². The fourth-order valence-corrected chi connectivity index (χ4v) is 5.08. The lowest BCUT2D eigenvalue weighted by Gasteiger charge is -2.41. The van der Waals surface area contributed by atoms with E-state index in [2.05, 4.69) is 11.8 Å². The Balaban J connectivity index is 2.44. The van der Waals surface area contributed by atoms with Crippen molar-refractivity contribution in [2.24, 2.45) is 5.73 Å². The van der Waals surface area contributed by atoms with E-state index in [0.717, 1.165) is 17.8 Å². The standard InChI is InChI=1S/C14H22N2O2S/c1-3-16(13-7-5-4-6-12(13)2)14(10-15)8-9-19(17,18)11-14/h4-7H,3,8-11,15H2,1-2H3. The highest BCUT2D eigenvalue weighted by molar-refractivity contribution is 7.91. The molecule has 0 amide bonds. The summed E-state index contributed by atoms with van der Waals surface area (Å²) in [5, 5.41) is 0. The van der Waals surface area contributed by atoms with Crippen LogP contribution in [0.15, 0.2) is 24.3 Å². The summed E-state index contributed by atoms with van der Waals surface area (Å²) in [4.78, 5) is 2.17. The van der Waals surface area contributed by atoms with Crippen LogP contribution < -0.4 is 10.6 Å². The highest BCUT2D eigenvalue weighted by Gasteiger charge is 2.45. The second kappa shape index (κ2) is 5.13. The fraction of sp³-hybridized carbons (Fsp3) is 0.571. The molecule has 0 radical (unpaired) electrons. The van der Waals surface area contributed by atoms with Crippen LogP contribution >= 0.6 is 0 Å². The number of benzene rings is 1. The van der Waals surface area contributed by atoms with Gasteiger partial charge in [0.2, 0.25) is 0 Å². The minimum absolute atomic E-state index is 0.165. The third kappa shape index (κ3) is 2.62. The van der Waals surface area contributed by atoms with Crippen molar-refractivity contribution in [3.05, 3.63) is 29.8 Å². The Morgan fingerprint density at radius 1 is 1.37 bits per heavy atom. The largest absolute Gasteiger partial charge is 0.364 e. The summed E-state index contributed by atoms with van der Waals surface area (Å²) in [5.74, 6) is 0.408. The van der Waals surface area contributed by atoms with E-state index >= 15 is 0 Å². The van der Waals surface area contributed by atoms with Crippen LogP contribution in [-0.2, 0) is 9.84 Å². The minimum atomic E-state index is -2.96. The summed E-state index contributed by atoms with van der Waals surface area (Å²) in [6.07, 6.45) is 0.619. The molecule has 5 heteroatoms. The molecule has 4 nitrogen and oxygen atoms in total. The van der Waals surface area contributed by atoms with E-state index in [-0.39, 0.29) is 11.5 Å². The average molecular weight is 282 g/mol. The van der Waals surface area contributed by atoms with Gasteiger partial charge in [0.15, 0.2) is 9.84 Å². The fourth-order valence-electron chi connectivity index (χ4n) is 3.01. The van der Waals surface area contributed by atoms with Crippen molar-refractivity contribution in [3.63, 3.8) is 0 Å². The zero-order chi connectivity index (χ0) is 14.1. The van der Waals surface area contributed by atoms with Crippen molar-refractivity contribution in [1.29, 1.82) is 0 Å². The van der Waals surface area contributed by atoms with Gasteiger partial charge < -0.3 is 10.6 Å². The van der Waals surface area contributed by atoms with Gasteiger partial charge in [-0.3, -0.25) is 0 Å². The first kappa shape index (κ1) is 14.3. The first-order valence-electron chi connectivity index (χ1n) is 6.68. The van der Waals surface area contributed by atoms with Crippen LogP contribution in [-0.4, -0.2) is 38.6 Å². The zero-order valence-corrected chi connectivity index (χ0v) is 12.4. The number of hydrogen-bond acceptors (Lipinski definition) is 4. The Morgan fingerprint density at radius 2 is 2.05 bits per heavy atom. The molecule has 1 aromatic carbocycles. The first-order chi connectivity index (χ1) is 8.94. The maximum atomic E-state index is 11.9. The maximum absolute atomic E-state index is 11.9. The Labute approximate surface area is 115 Å². The highest BCUT2D eigenvalue weighted by atomic mass is 32.2. The van der Waals surface area contributed by atoms with Gasteiger partial charge in [0, 0.05) is 18.8 Å². The number of hydrogen-bond donors (Lipinski definition) is 1. The Bertz CT molecular complexity index is 556. The monoisotopic (exact) mass is 282 g/mol. The molecular formula is C14H22N2O2S. The van der Waals surface area contributed by atoms with Crippen molar-refractivity contribution in [2.75, 3.05) is 29.5 Å². The highest BCUT2D eigenvalue weighted by Crippen LogP contribution is 2.34. The van der Waals surface area contributed by atoms with Gasteiger partial charge in [0.25, 0.3) is 0 Å². The molecule has 0 aromatic heterocycles. The van der Waals surface area contributed by atoms with Gasteiger partial charge in [-0.2, -0.15) is 0 Å². The number of nitrogens with zero attached hydrogens (tertiary/aromatic N) is 1. The molecule has 1 aromatic rings. The topological polar surface area (TPSA) is 63.4 Å². The van der Waals surface area contributed by atoms with E-state index in [1.54, 1.807) is 0 Å². The summed E-state index contributed by atoms with van der Waals surface area (Å²) in [6.45, 7) is 5.23. The molecule has 1 saturated heterocycles. The molecule has 0 spiro atoms. The molecule has 19 heavy (non-hydrogen) atoms. The van der Waals surface area contributed by atoms with Crippen LogP contribution in [0.25, 0.3) is 0 Å². The predicted molar refractivity (Wildman–Crippen MR) is 79.3 cm³/mol. The quantitative estimate of drug-likeness (QED) is 0.905. The van der Waals surface area contributed by atoms with Crippen molar-refractivity contribution in [3.8, 4) is 0 Å². The van der Waals surface area contributed by atoms with Gasteiger partial charge in [-0.25, -0.2) is 8.42 Å². The third-order valence-electron chi connectivity index (χ3n) is 4.04. The number of sulfone groups is 1. The van der Waals surface area contributed by atoms with Crippen molar-refractivity contribution < 1.29 is 8.42 Å². The second-order valence-corrected chi connectivity index (χ2v) is 7.49. The van der Waals surface area contributed by atoms with Crippen LogP contribution in [0.3, 0.4) is 0 Å². The average Bonchev–Trinajstić information content (AvgIpc) is 2.70. The molecular weight excluding hydrogens is 260 g/mol. The molecule has 0 saturated carbocycles. The zero-order valence-electron chi connectivity index (χ0n) is 11.6. The van der Waals surface area contributed by atoms with Gasteiger partial charge >= 0.3 is 0 Å². The molecule has 106 valence electrons. The number of nitrogens with two attached hydrogens (primary N) is 1. The van der Waals surface area contributed by atoms with Crippen molar-refractivity contribution in [1.82, 2.24) is 0 Å². The van der Waals surface area contributed by atoms with E-state index in [1.807, 2.05) is 31.2 Å². The summed E-state index contributed by atoms with van der Waals surface area (Å²) >= 11 is 0. The summed E-state index contributed by atoms with van der Waals surface area (Å²) in [7, 11) is -2.96. The minimum Gasteiger partial charge on any atom is -0.364 e. The molecule has 2 N–H and O–H groups in total. The molecule has 1 atom stereocenters. The first-order valence-corrected chi connectivity index (χ1v) is 8.50. The lowest BCUT2D eigenvalue weighted by molar-refractivity contribution is 0.444. The molecule has 1 heterocycles. The van der Waals surface area contributed by atoms with Crippen molar-refractivity contribution in [2.45, 2.75) is 25.8 Å². The van der Waals surface area contributed by atoms with Crippen molar-refractivity contribution >= 4 is 15.5 Å².